The number of anilines is 1. The lowest BCUT2D eigenvalue weighted by atomic mass is 9.86. The van der Waals surface area contributed by atoms with Crippen molar-refractivity contribution in [2.24, 2.45) is 0 Å². The molecule has 6 heteroatoms. The van der Waals surface area contributed by atoms with E-state index in [4.69, 9.17) is 12.2 Å². The standard InChI is InChI=1S/C45H37N3O2S/c49-43-36-22-12-20-33-21-13-23-37(42(33)36)44(50)48(43)39-25-11-10-24-38(39)47-45(51)46-35-28-26-34(27-29-35)41(32-18-8-3-9-19-32)40(30-14-4-1-5-15-30)31-16-6-2-7-17-31/h1-9,12-23,26-29,38-39H,10-11,24-25H2,(H2,46,47,51)/t38-,39-/m1/s1. The first kappa shape index (κ1) is 32.4. The maximum Gasteiger partial charge on any atom is 0.261 e. The Labute approximate surface area is 303 Å². The first-order chi connectivity index (χ1) is 25.1. The number of hydrogen-bond acceptors (Lipinski definition) is 3. The van der Waals surface area contributed by atoms with E-state index >= 15 is 0 Å². The largest absolute Gasteiger partial charge is 0.358 e. The number of nitrogens with one attached hydrogen (secondary N) is 2. The Bertz CT molecular complexity index is 2180. The van der Waals surface area contributed by atoms with Crippen LogP contribution in [0.2, 0.25) is 0 Å². The molecule has 8 rings (SSSR count). The van der Waals surface area contributed by atoms with E-state index in [9.17, 15) is 9.59 Å². The molecule has 0 bridgehead atoms. The molecule has 2 atom stereocenters. The molecule has 2 aliphatic rings. The van der Waals surface area contributed by atoms with Crippen molar-refractivity contribution in [3.8, 4) is 0 Å². The Morgan fingerprint density at radius 2 is 1.02 bits per heavy atom. The molecule has 5 nitrogen and oxygen atoms in total. The lowest BCUT2D eigenvalue weighted by Crippen LogP contribution is -2.58. The van der Waals surface area contributed by atoms with Gasteiger partial charge in [-0.25, -0.2) is 0 Å². The number of benzene rings is 6. The molecule has 1 aliphatic carbocycles. The van der Waals surface area contributed by atoms with Crippen LogP contribution in [-0.2, 0) is 0 Å². The number of thiocarbonyl (C=S) groups is 1. The lowest BCUT2D eigenvalue weighted by Gasteiger charge is -2.41. The van der Waals surface area contributed by atoms with E-state index in [2.05, 4.69) is 95.6 Å². The predicted octanol–water partition coefficient (Wildman–Crippen LogP) is 9.74. The van der Waals surface area contributed by atoms with Gasteiger partial charge >= 0.3 is 0 Å². The van der Waals surface area contributed by atoms with Crippen molar-refractivity contribution in [1.82, 2.24) is 10.2 Å². The minimum atomic E-state index is -0.308. The van der Waals surface area contributed by atoms with Gasteiger partial charge in [0.25, 0.3) is 11.8 Å². The zero-order valence-corrected chi connectivity index (χ0v) is 28.9. The summed E-state index contributed by atoms with van der Waals surface area (Å²) in [6.45, 7) is 0. The van der Waals surface area contributed by atoms with Crippen LogP contribution in [0.15, 0.2) is 152 Å². The fraction of sp³-hybridized carbons (Fsp3) is 0.133. The van der Waals surface area contributed by atoms with Gasteiger partial charge in [0, 0.05) is 28.2 Å². The number of imide groups is 1. The maximum atomic E-state index is 13.9. The molecule has 1 fully saturated rings. The van der Waals surface area contributed by atoms with Crippen LogP contribution in [0.4, 0.5) is 5.69 Å². The van der Waals surface area contributed by atoms with Crippen molar-refractivity contribution in [3.63, 3.8) is 0 Å². The Morgan fingerprint density at radius 3 is 1.53 bits per heavy atom. The third-order valence-electron chi connectivity index (χ3n) is 10.0. The zero-order valence-electron chi connectivity index (χ0n) is 28.1. The highest BCUT2D eigenvalue weighted by Gasteiger charge is 2.41. The van der Waals surface area contributed by atoms with E-state index in [0.29, 0.717) is 16.2 Å². The highest BCUT2D eigenvalue weighted by molar-refractivity contribution is 7.80. The first-order valence-electron chi connectivity index (χ1n) is 17.5. The summed E-state index contributed by atoms with van der Waals surface area (Å²) in [6, 6.07) is 50.8. The molecule has 2 amide bonds. The fourth-order valence-electron chi connectivity index (χ4n) is 7.72. The molecule has 0 spiro atoms. The summed E-state index contributed by atoms with van der Waals surface area (Å²) in [5.41, 5.74) is 8.80. The average Bonchev–Trinajstić information content (AvgIpc) is 3.18. The number of carbonyl (C=O) groups is 2. The first-order valence-corrected chi connectivity index (χ1v) is 18.0. The molecule has 51 heavy (non-hydrogen) atoms. The summed E-state index contributed by atoms with van der Waals surface area (Å²) < 4.78 is 0. The quantitative estimate of drug-likeness (QED) is 0.0997. The molecular formula is C45H37N3O2S. The van der Waals surface area contributed by atoms with Crippen LogP contribution in [0.1, 0.15) is 68.7 Å². The van der Waals surface area contributed by atoms with Gasteiger partial charge in [-0.2, -0.15) is 0 Å². The maximum absolute atomic E-state index is 13.9. The summed E-state index contributed by atoms with van der Waals surface area (Å²) in [6.07, 6.45) is 3.47. The van der Waals surface area contributed by atoms with Crippen LogP contribution >= 0.6 is 12.2 Å². The van der Waals surface area contributed by atoms with Gasteiger partial charge < -0.3 is 10.6 Å². The Hall–Kier alpha value is -5.85. The SMILES string of the molecule is O=C1c2cccc3cccc(c23)C(=O)N1[C@@H]1CCCC[C@H]1NC(=S)Nc1ccc(C(=C(c2ccccc2)c2ccccc2)c2ccccc2)cc1. The van der Waals surface area contributed by atoms with Crippen LogP contribution in [0.25, 0.3) is 21.9 Å². The van der Waals surface area contributed by atoms with Gasteiger partial charge in [0.2, 0.25) is 0 Å². The Kier molecular flexibility index (Phi) is 8.99. The van der Waals surface area contributed by atoms with E-state index in [0.717, 1.165) is 75.5 Å². The van der Waals surface area contributed by atoms with E-state index in [1.165, 1.54) is 4.90 Å². The summed E-state index contributed by atoms with van der Waals surface area (Å²) in [5, 5.41) is 8.99. The van der Waals surface area contributed by atoms with Gasteiger partial charge in [-0.1, -0.05) is 140 Å². The topological polar surface area (TPSA) is 61.4 Å². The third-order valence-corrected chi connectivity index (χ3v) is 10.3. The Morgan fingerprint density at radius 1 is 0.549 bits per heavy atom. The second kappa shape index (κ2) is 14.2. The van der Waals surface area contributed by atoms with Crippen molar-refractivity contribution in [2.45, 2.75) is 37.8 Å². The molecule has 0 aromatic heterocycles. The van der Waals surface area contributed by atoms with Crippen molar-refractivity contribution in [1.29, 1.82) is 0 Å². The smallest absolute Gasteiger partial charge is 0.261 e. The van der Waals surface area contributed by atoms with Gasteiger partial charge in [-0.3, -0.25) is 14.5 Å². The molecule has 6 aromatic carbocycles. The summed E-state index contributed by atoms with van der Waals surface area (Å²) >= 11 is 5.86. The molecule has 2 N–H and O–H groups in total. The van der Waals surface area contributed by atoms with E-state index in [-0.39, 0.29) is 23.9 Å². The van der Waals surface area contributed by atoms with Gasteiger partial charge in [0.05, 0.1) is 6.04 Å². The minimum Gasteiger partial charge on any atom is -0.358 e. The monoisotopic (exact) mass is 683 g/mol. The summed E-state index contributed by atoms with van der Waals surface area (Å²) in [5.74, 6) is -0.463. The minimum absolute atomic E-state index is 0.165. The summed E-state index contributed by atoms with van der Waals surface area (Å²) in [4.78, 5) is 29.2. The van der Waals surface area contributed by atoms with Crippen LogP contribution in [0.5, 0.6) is 0 Å². The number of hydrogen-bond donors (Lipinski definition) is 2. The van der Waals surface area contributed by atoms with Crippen molar-refractivity contribution >= 4 is 56.8 Å². The molecule has 1 saturated carbocycles. The van der Waals surface area contributed by atoms with Gasteiger partial charge in [0.1, 0.15) is 0 Å². The second-order valence-electron chi connectivity index (χ2n) is 13.2. The number of nitrogens with zero attached hydrogens (tertiary/aromatic N) is 1. The molecule has 1 heterocycles. The Balaban J connectivity index is 1.06. The van der Waals surface area contributed by atoms with Crippen molar-refractivity contribution in [2.75, 3.05) is 5.32 Å². The number of carbonyl (C=O) groups excluding carboxylic acids is 2. The van der Waals surface area contributed by atoms with E-state index < -0.39 is 0 Å². The average molecular weight is 684 g/mol. The zero-order chi connectivity index (χ0) is 34.7. The third kappa shape index (κ3) is 6.35. The van der Waals surface area contributed by atoms with Crippen LogP contribution < -0.4 is 10.6 Å². The molecule has 250 valence electrons. The highest BCUT2D eigenvalue weighted by atomic mass is 32.1. The van der Waals surface area contributed by atoms with Gasteiger partial charge in [-0.05, 0) is 88.1 Å². The molecule has 6 aromatic rings. The fourth-order valence-corrected chi connectivity index (χ4v) is 7.99. The van der Waals surface area contributed by atoms with Crippen LogP contribution in [0.3, 0.4) is 0 Å². The number of amides is 2. The molecule has 1 aliphatic heterocycles. The van der Waals surface area contributed by atoms with Crippen LogP contribution in [0, 0.1) is 0 Å². The normalized spacial score (nSPS) is 16.8. The van der Waals surface area contributed by atoms with Crippen LogP contribution in [-0.4, -0.2) is 33.9 Å². The van der Waals surface area contributed by atoms with E-state index in [1.807, 2.05) is 66.7 Å². The van der Waals surface area contributed by atoms with Gasteiger partial charge in [0.15, 0.2) is 5.11 Å². The molecule has 0 saturated heterocycles. The molecular weight excluding hydrogens is 647 g/mol. The lowest BCUT2D eigenvalue weighted by molar-refractivity contribution is 0.0470. The molecule has 0 unspecified atom stereocenters. The van der Waals surface area contributed by atoms with E-state index in [1.54, 1.807) is 0 Å². The number of rotatable bonds is 7. The highest BCUT2D eigenvalue weighted by Crippen LogP contribution is 2.38. The summed E-state index contributed by atoms with van der Waals surface area (Å²) in [7, 11) is 0. The second-order valence-corrected chi connectivity index (χ2v) is 13.6. The van der Waals surface area contributed by atoms with Gasteiger partial charge in [-0.15, -0.1) is 0 Å². The predicted molar refractivity (Wildman–Crippen MR) is 211 cm³/mol. The molecule has 0 radical (unpaired) electrons. The van der Waals surface area contributed by atoms with Crippen molar-refractivity contribution in [3.05, 3.63) is 185 Å². The van der Waals surface area contributed by atoms with Crippen molar-refractivity contribution < 1.29 is 9.59 Å².